The molecule has 0 aromatic carbocycles. The van der Waals surface area contributed by atoms with E-state index in [-0.39, 0.29) is 18.2 Å². The van der Waals surface area contributed by atoms with E-state index in [9.17, 15) is 9.90 Å². The van der Waals surface area contributed by atoms with Crippen LogP contribution in [0.25, 0.3) is 0 Å². The molecule has 2 unspecified atom stereocenters. The van der Waals surface area contributed by atoms with Crippen molar-refractivity contribution in [3.8, 4) is 0 Å². The Morgan fingerprint density at radius 2 is 1.73 bits per heavy atom. The van der Waals surface area contributed by atoms with Gasteiger partial charge in [0, 0.05) is 32.7 Å². The molecule has 0 aromatic rings. The van der Waals surface area contributed by atoms with Crippen molar-refractivity contribution in [2.75, 3.05) is 14.2 Å². The molecule has 0 aromatic heterocycles. The minimum atomic E-state index is -0.846. The maximum atomic E-state index is 12.4. The number of amides is 1. The number of rotatable bonds is 4. The van der Waals surface area contributed by atoms with Crippen molar-refractivity contribution in [3.63, 3.8) is 0 Å². The number of carbonyl (C=O) groups excluding carboxylic acids is 1. The second kappa shape index (κ2) is 6.34. The van der Waals surface area contributed by atoms with Gasteiger partial charge < -0.3 is 24.2 Å². The van der Waals surface area contributed by atoms with Gasteiger partial charge in [-0.1, -0.05) is 0 Å². The van der Waals surface area contributed by atoms with Crippen LogP contribution in [-0.2, 0) is 14.2 Å². The zero-order valence-corrected chi connectivity index (χ0v) is 14.3. The first-order valence-corrected chi connectivity index (χ1v) is 7.97. The third-order valence-corrected chi connectivity index (χ3v) is 4.53. The largest absolute Gasteiger partial charge is 0.444 e. The van der Waals surface area contributed by atoms with Crippen molar-refractivity contribution in [2.24, 2.45) is 0 Å². The first kappa shape index (κ1) is 17.5. The molecule has 0 radical (unpaired) electrons. The van der Waals surface area contributed by atoms with E-state index >= 15 is 0 Å². The minimum Gasteiger partial charge on any atom is -0.444 e. The molecule has 0 spiro atoms. The number of piperidine rings is 1. The number of nitrogens with zero attached hydrogens (tertiary/aromatic N) is 1. The van der Waals surface area contributed by atoms with Crippen molar-refractivity contribution in [1.29, 1.82) is 0 Å². The molecule has 1 amide bonds. The average Bonchev–Trinajstić information content (AvgIpc) is 2.68. The standard InChI is InChI=1S/C16H29NO5/c1-15(2,3)22-14(18)17-11-6-7-12(17)9-16(19,8-11)10-13(20-4)21-5/h11-13,19H,6-10H2,1-5H3. The maximum Gasteiger partial charge on any atom is 0.410 e. The highest BCUT2D eigenvalue weighted by Crippen LogP contribution is 2.43. The predicted molar refractivity (Wildman–Crippen MR) is 81.5 cm³/mol. The van der Waals surface area contributed by atoms with Crippen LogP contribution in [-0.4, -0.2) is 59.9 Å². The first-order chi connectivity index (χ1) is 10.2. The van der Waals surface area contributed by atoms with Gasteiger partial charge in [0.1, 0.15) is 5.60 Å². The zero-order chi connectivity index (χ0) is 16.5. The van der Waals surface area contributed by atoms with Crippen LogP contribution in [0.4, 0.5) is 4.79 Å². The Labute approximate surface area is 132 Å². The van der Waals surface area contributed by atoms with Crippen LogP contribution in [0.3, 0.4) is 0 Å². The van der Waals surface area contributed by atoms with E-state index in [0.717, 1.165) is 12.8 Å². The fraction of sp³-hybridized carbons (Fsp3) is 0.938. The first-order valence-electron chi connectivity index (χ1n) is 7.97. The lowest BCUT2D eigenvalue weighted by Crippen LogP contribution is -2.55. The van der Waals surface area contributed by atoms with Crippen molar-refractivity contribution in [1.82, 2.24) is 4.90 Å². The second-order valence-electron chi connectivity index (χ2n) is 7.51. The van der Waals surface area contributed by atoms with Gasteiger partial charge in [0.25, 0.3) is 0 Å². The summed E-state index contributed by atoms with van der Waals surface area (Å²) in [5, 5.41) is 10.9. The average molecular weight is 315 g/mol. The summed E-state index contributed by atoms with van der Waals surface area (Å²) in [6.07, 6.45) is 2.66. The molecule has 22 heavy (non-hydrogen) atoms. The molecule has 128 valence electrons. The van der Waals surface area contributed by atoms with Gasteiger partial charge in [-0.25, -0.2) is 4.79 Å². The van der Waals surface area contributed by atoms with Crippen LogP contribution >= 0.6 is 0 Å². The van der Waals surface area contributed by atoms with Gasteiger partial charge >= 0.3 is 6.09 Å². The van der Waals surface area contributed by atoms with Crippen molar-refractivity contribution in [2.45, 2.75) is 82.5 Å². The van der Waals surface area contributed by atoms with Crippen LogP contribution in [0.2, 0.25) is 0 Å². The van der Waals surface area contributed by atoms with Crippen molar-refractivity contribution < 1.29 is 24.1 Å². The SMILES string of the molecule is COC(CC1(O)CC2CCC(C1)N2C(=O)OC(C)(C)C)OC. The van der Waals surface area contributed by atoms with Crippen LogP contribution in [0.15, 0.2) is 0 Å². The fourth-order valence-corrected chi connectivity index (χ4v) is 3.68. The summed E-state index contributed by atoms with van der Waals surface area (Å²) in [6, 6.07) is 0.0703. The lowest BCUT2D eigenvalue weighted by molar-refractivity contribution is -0.158. The van der Waals surface area contributed by atoms with Gasteiger partial charge in [0.2, 0.25) is 0 Å². The molecule has 2 aliphatic heterocycles. The smallest absolute Gasteiger partial charge is 0.410 e. The van der Waals surface area contributed by atoms with Gasteiger partial charge in [-0.3, -0.25) is 0 Å². The fourth-order valence-electron chi connectivity index (χ4n) is 3.68. The minimum absolute atomic E-state index is 0.0352. The molecule has 0 aliphatic carbocycles. The molecule has 6 heteroatoms. The van der Waals surface area contributed by atoms with Crippen LogP contribution in [0, 0.1) is 0 Å². The molecule has 2 bridgehead atoms. The molecular weight excluding hydrogens is 286 g/mol. The number of carbonyl (C=O) groups is 1. The Morgan fingerprint density at radius 3 is 2.14 bits per heavy atom. The Balaban J connectivity index is 2.03. The highest BCUT2D eigenvalue weighted by Gasteiger charge is 2.51. The van der Waals surface area contributed by atoms with Gasteiger partial charge in [0.15, 0.2) is 6.29 Å². The highest BCUT2D eigenvalue weighted by molar-refractivity contribution is 5.69. The molecule has 1 N–H and O–H groups in total. The van der Waals surface area contributed by atoms with E-state index < -0.39 is 17.5 Å². The lowest BCUT2D eigenvalue weighted by Gasteiger charge is -2.44. The zero-order valence-electron chi connectivity index (χ0n) is 14.3. The number of fused-ring (bicyclic) bond motifs is 2. The molecule has 2 aliphatic rings. The third kappa shape index (κ3) is 3.91. The van der Waals surface area contributed by atoms with Gasteiger partial charge in [0.05, 0.1) is 5.60 Å². The number of methoxy groups -OCH3 is 2. The second-order valence-corrected chi connectivity index (χ2v) is 7.51. The Bertz CT molecular complexity index is 388. The third-order valence-electron chi connectivity index (χ3n) is 4.53. The van der Waals surface area contributed by atoms with Crippen molar-refractivity contribution in [3.05, 3.63) is 0 Å². The lowest BCUT2D eigenvalue weighted by atomic mass is 9.83. The van der Waals surface area contributed by atoms with Crippen molar-refractivity contribution >= 4 is 6.09 Å². The molecule has 2 saturated heterocycles. The van der Waals surface area contributed by atoms with Gasteiger partial charge in [-0.15, -0.1) is 0 Å². The number of aliphatic hydroxyl groups is 1. The molecule has 2 heterocycles. The van der Waals surface area contributed by atoms with Crippen LogP contribution in [0.1, 0.15) is 52.9 Å². The van der Waals surface area contributed by atoms with Gasteiger partial charge in [-0.05, 0) is 46.5 Å². The van der Waals surface area contributed by atoms with Crippen LogP contribution < -0.4 is 0 Å². The number of hydrogen-bond donors (Lipinski definition) is 1. The molecule has 0 saturated carbocycles. The monoisotopic (exact) mass is 315 g/mol. The summed E-state index contributed by atoms with van der Waals surface area (Å²) in [7, 11) is 3.14. The summed E-state index contributed by atoms with van der Waals surface area (Å²) in [5.74, 6) is 0. The molecular formula is C16H29NO5. The van der Waals surface area contributed by atoms with E-state index in [2.05, 4.69) is 0 Å². The van der Waals surface area contributed by atoms with E-state index in [1.165, 1.54) is 0 Å². The summed E-state index contributed by atoms with van der Waals surface area (Å²) in [4.78, 5) is 14.2. The Kier molecular flexibility index (Phi) is 5.04. The Morgan fingerprint density at radius 1 is 1.23 bits per heavy atom. The Hall–Kier alpha value is -0.850. The molecule has 2 rings (SSSR count). The molecule has 2 fully saturated rings. The quantitative estimate of drug-likeness (QED) is 0.806. The number of hydrogen-bond acceptors (Lipinski definition) is 5. The molecule has 6 nitrogen and oxygen atoms in total. The highest BCUT2D eigenvalue weighted by atomic mass is 16.7. The van der Waals surface area contributed by atoms with E-state index in [4.69, 9.17) is 14.2 Å². The normalized spacial score (nSPS) is 31.7. The van der Waals surface area contributed by atoms with E-state index in [1.54, 1.807) is 14.2 Å². The van der Waals surface area contributed by atoms with Gasteiger partial charge in [-0.2, -0.15) is 0 Å². The summed E-state index contributed by atoms with van der Waals surface area (Å²) >= 11 is 0. The molecule has 2 atom stereocenters. The van der Waals surface area contributed by atoms with E-state index in [1.807, 2.05) is 25.7 Å². The maximum absolute atomic E-state index is 12.4. The summed E-state index contributed by atoms with van der Waals surface area (Å²) < 4.78 is 15.9. The van der Waals surface area contributed by atoms with E-state index in [0.29, 0.717) is 19.3 Å². The number of ether oxygens (including phenoxy) is 3. The van der Waals surface area contributed by atoms with Crippen LogP contribution in [0.5, 0.6) is 0 Å². The summed E-state index contributed by atoms with van der Waals surface area (Å²) in [5.41, 5.74) is -1.34. The topological polar surface area (TPSA) is 68.2 Å². The summed E-state index contributed by atoms with van der Waals surface area (Å²) in [6.45, 7) is 5.61. The predicted octanol–water partition coefficient (Wildman–Crippen LogP) is 2.29.